The maximum absolute atomic E-state index is 15.0. The predicted octanol–water partition coefficient (Wildman–Crippen LogP) is 5.06. The van der Waals surface area contributed by atoms with E-state index in [2.05, 4.69) is 15.2 Å². The van der Waals surface area contributed by atoms with Gasteiger partial charge in [0.05, 0.1) is 5.69 Å². The number of aryl methyl sites for hydroxylation is 1. The van der Waals surface area contributed by atoms with Crippen LogP contribution in [0.15, 0.2) is 33.6 Å². The Balaban J connectivity index is 1.45. The average Bonchev–Trinajstić information content (AvgIpc) is 3.59. The van der Waals surface area contributed by atoms with E-state index < -0.39 is 5.82 Å². The van der Waals surface area contributed by atoms with Gasteiger partial charge in [-0.2, -0.15) is 0 Å². The van der Waals surface area contributed by atoms with Gasteiger partial charge in [0.15, 0.2) is 5.65 Å². The standard InChI is InChI=1S/C25H23ClFN5O3/c1-12-13(2)28-22-21(17-6-5-16(26)10-18(17)27)29-19(11-32(22)25(12)33)15-7-8-34-20(9-15)24-31-30-23(35-24)14-3-4-14/h5-6,10-11,14-15,20H,3-4,7-9H2,1-2H3/t15-,20-/m1/s1. The summed E-state index contributed by atoms with van der Waals surface area (Å²) >= 11 is 5.98. The molecule has 1 saturated carbocycles. The van der Waals surface area contributed by atoms with Crippen LogP contribution in [-0.2, 0) is 4.74 Å². The summed E-state index contributed by atoms with van der Waals surface area (Å²) in [5.41, 5.74) is 2.40. The van der Waals surface area contributed by atoms with Crippen LogP contribution in [0, 0.1) is 19.7 Å². The Morgan fingerprint density at radius 1 is 1.09 bits per heavy atom. The van der Waals surface area contributed by atoms with Gasteiger partial charge in [-0.1, -0.05) is 11.6 Å². The van der Waals surface area contributed by atoms with Gasteiger partial charge >= 0.3 is 0 Å². The highest BCUT2D eigenvalue weighted by molar-refractivity contribution is 6.30. The molecule has 2 fully saturated rings. The van der Waals surface area contributed by atoms with Gasteiger partial charge in [0, 0.05) is 46.5 Å². The molecule has 2 aliphatic rings. The molecule has 1 saturated heterocycles. The van der Waals surface area contributed by atoms with Crippen molar-refractivity contribution in [2.75, 3.05) is 6.61 Å². The van der Waals surface area contributed by atoms with E-state index in [9.17, 15) is 9.18 Å². The first-order chi connectivity index (χ1) is 16.9. The number of nitrogens with zero attached hydrogens (tertiary/aromatic N) is 5. The molecule has 0 spiro atoms. The van der Waals surface area contributed by atoms with E-state index in [1.807, 2.05) is 0 Å². The van der Waals surface area contributed by atoms with Crippen LogP contribution in [0.2, 0.25) is 5.02 Å². The third kappa shape index (κ3) is 4.02. The summed E-state index contributed by atoms with van der Waals surface area (Å²) in [5, 5.41) is 8.66. The zero-order valence-corrected chi connectivity index (χ0v) is 20.0. The second-order valence-electron chi connectivity index (χ2n) is 9.29. The van der Waals surface area contributed by atoms with Gasteiger partial charge in [-0.3, -0.25) is 9.20 Å². The van der Waals surface area contributed by atoms with Crippen LogP contribution in [0.3, 0.4) is 0 Å². The summed E-state index contributed by atoms with van der Waals surface area (Å²) < 4.78 is 28.3. The number of hydrogen-bond acceptors (Lipinski definition) is 7. The van der Waals surface area contributed by atoms with E-state index in [4.69, 9.17) is 25.7 Å². The van der Waals surface area contributed by atoms with Crippen LogP contribution in [0.25, 0.3) is 16.9 Å². The van der Waals surface area contributed by atoms with Crippen molar-refractivity contribution in [1.82, 2.24) is 24.6 Å². The Labute approximate surface area is 205 Å². The van der Waals surface area contributed by atoms with Crippen molar-refractivity contribution in [2.24, 2.45) is 0 Å². The molecule has 6 rings (SSSR count). The smallest absolute Gasteiger partial charge is 0.261 e. The lowest BCUT2D eigenvalue weighted by molar-refractivity contribution is -0.0117. The number of halogens is 2. The fourth-order valence-corrected chi connectivity index (χ4v) is 4.68. The molecule has 4 aromatic rings. The van der Waals surface area contributed by atoms with Gasteiger partial charge < -0.3 is 9.15 Å². The number of fused-ring (bicyclic) bond motifs is 1. The van der Waals surface area contributed by atoms with Crippen LogP contribution >= 0.6 is 11.6 Å². The second kappa shape index (κ2) is 8.49. The average molecular weight is 496 g/mol. The zero-order chi connectivity index (χ0) is 24.3. The molecule has 180 valence electrons. The SMILES string of the molecule is Cc1nc2c(-c3ccc(Cl)cc3F)nc([C@@H]3CCO[C@@H](c4nnc(C5CC5)o4)C3)cn2c(=O)c1C. The van der Waals surface area contributed by atoms with E-state index in [0.717, 1.165) is 12.8 Å². The molecule has 8 nitrogen and oxygen atoms in total. The van der Waals surface area contributed by atoms with Crippen LogP contribution in [0.5, 0.6) is 0 Å². The number of benzene rings is 1. The van der Waals surface area contributed by atoms with Crippen molar-refractivity contribution in [2.45, 2.75) is 57.5 Å². The summed E-state index contributed by atoms with van der Waals surface area (Å²) in [5.74, 6) is 0.905. The Kier molecular flexibility index (Phi) is 5.41. The molecule has 3 aromatic heterocycles. The number of hydrogen-bond donors (Lipinski definition) is 0. The molecule has 1 aromatic carbocycles. The Bertz CT molecular complexity index is 1510. The third-order valence-electron chi connectivity index (χ3n) is 6.84. The fourth-order valence-electron chi connectivity index (χ4n) is 4.52. The molecule has 0 bridgehead atoms. The number of aromatic nitrogens is 5. The van der Waals surface area contributed by atoms with Crippen molar-refractivity contribution in [1.29, 1.82) is 0 Å². The van der Waals surface area contributed by atoms with Gasteiger partial charge in [-0.05, 0) is 57.7 Å². The summed E-state index contributed by atoms with van der Waals surface area (Å²) in [7, 11) is 0. The first-order valence-corrected chi connectivity index (χ1v) is 12.1. The predicted molar refractivity (Wildman–Crippen MR) is 126 cm³/mol. The summed E-state index contributed by atoms with van der Waals surface area (Å²) in [6.45, 7) is 3.97. The van der Waals surface area contributed by atoms with Crippen molar-refractivity contribution in [3.63, 3.8) is 0 Å². The van der Waals surface area contributed by atoms with E-state index in [0.29, 0.717) is 65.4 Å². The molecule has 2 atom stereocenters. The highest BCUT2D eigenvalue weighted by Gasteiger charge is 2.34. The van der Waals surface area contributed by atoms with Crippen LogP contribution in [-0.4, -0.2) is 31.2 Å². The first-order valence-electron chi connectivity index (χ1n) is 11.7. The van der Waals surface area contributed by atoms with E-state index >= 15 is 0 Å². The van der Waals surface area contributed by atoms with E-state index in [-0.39, 0.29) is 28.2 Å². The molecule has 1 aliphatic carbocycles. The number of rotatable bonds is 4. The molecule has 0 N–H and O–H groups in total. The minimum absolute atomic E-state index is 0.0583. The molecular formula is C25H23ClFN5O3. The first kappa shape index (κ1) is 22.3. The zero-order valence-electron chi connectivity index (χ0n) is 19.3. The Morgan fingerprint density at radius 2 is 1.89 bits per heavy atom. The molecule has 1 aliphatic heterocycles. The summed E-state index contributed by atoms with van der Waals surface area (Å²) in [6.07, 6.45) is 4.74. The Morgan fingerprint density at radius 3 is 2.66 bits per heavy atom. The minimum atomic E-state index is -0.528. The van der Waals surface area contributed by atoms with Crippen molar-refractivity contribution in [3.05, 3.63) is 74.3 Å². The summed E-state index contributed by atoms with van der Waals surface area (Å²) in [6, 6.07) is 4.40. The molecule has 0 radical (unpaired) electrons. The van der Waals surface area contributed by atoms with Gasteiger partial charge in [-0.25, -0.2) is 14.4 Å². The third-order valence-corrected chi connectivity index (χ3v) is 7.08. The highest BCUT2D eigenvalue weighted by Crippen LogP contribution is 2.42. The normalized spacial score (nSPS) is 20.5. The maximum Gasteiger partial charge on any atom is 0.261 e. The fraction of sp³-hybridized carbons (Fsp3) is 0.400. The van der Waals surface area contributed by atoms with Crippen molar-refractivity contribution < 1.29 is 13.5 Å². The lowest BCUT2D eigenvalue weighted by Gasteiger charge is -2.27. The van der Waals surface area contributed by atoms with Crippen LogP contribution < -0.4 is 5.56 Å². The highest BCUT2D eigenvalue weighted by atomic mass is 35.5. The lowest BCUT2D eigenvalue weighted by Crippen LogP contribution is -2.24. The molecule has 0 unspecified atom stereocenters. The number of ether oxygens (including phenoxy) is 1. The minimum Gasteiger partial charge on any atom is -0.422 e. The van der Waals surface area contributed by atoms with Crippen LogP contribution in [0.4, 0.5) is 4.39 Å². The van der Waals surface area contributed by atoms with Crippen LogP contribution in [0.1, 0.15) is 72.4 Å². The quantitative estimate of drug-likeness (QED) is 0.390. The van der Waals surface area contributed by atoms with Gasteiger partial charge in [0.2, 0.25) is 11.8 Å². The maximum atomic E-state index is 15.0. The van der Waals surface area contributed by atoms with E-state index in [1.165, 1.54) is 10.5 Å². The van der Waals surface area contributed by atoms with Crippen molar-refractivity contribution >= 4 is 17.2 Å². The summed E-state index contributed by atoms with van der Waals surface area (Å²) in [4.78, 5) is 22.6. The second-order valence-corrected chi connectivity index (χ2v) is 9.73. The van der Waals surface area contributed by atoms with E-state index in [1.54, 1.807) is 32.2 Å². The van der Waals surface area contributed by atoms with Crippen molar-refractivity contribution in [3.8, 4) is 11.3 Å². The monoisotopic (exact) mass is 495 g/mol. The Hall–Kier alpha value is -3.17. The topological polar surface area (TPSA) is 95.4 Å². The molecule has 35 heavy (non-hydrogen) atoms. The van der Waals surface area contributed by atoms with Gasteiger partial charge in [0.1, 0.15) is 17.6 Å². The largest absolute Gasteiger partial charge is 0.422 e. The lowest BCUT2D eigenvalue weighted by atomic mass is 9.92. The van der Waals surface area contributed by atoms with Gasteiger partial charge in [0.25, 0.3) is 5.56 Å². The molecule has 0 amide bonds. The molecular weight excluding hydrogens is 473 g/mol. The molecule has 10 heteroatoms. The van der Waals surface area contributed by atoms with Gasteiger partial charge in [-0.15, -0.1) is 10.2 Å². The molecule has 4 heterocycles.